The van der Waals surface area contributed by atoms with Crippen LogP contribution in [0.3, 0.4) is 0 Å². The van der Waals surface area contributed by atoms with E-state index in [2.05, 4.69) is 11.9 Å². The number of nitrogens with two attached hydrogens (primary N) is 1. The first-order valence-corrected chi connectivity index (χ1v) is 5.27. The van der Waals surface area contributed by atoms with Crippen LogP contribution in [-0.4, -0.2) is 40.6 Å². The molecule has 2 atom stereocenters. The van der Waals surface area contributed by atoms with Crippen LogP contribution in [0.1, 0.15) is 32.1 Å². The van der Waals surface area contributed by atoms with Gasteiger partial charge in [0.15, 0.2) is 0 Å². The Morgan fingerprint density at radius 2 is 1.93 bits per heavy atom. The Hall–Kier alpha value is -0.610. The van der Waals surface area contributed by atoms with Crippen LogP contribution in [0.25, 0.3) is 0 Å². The van der Waals surface area contributed by atoms with Gasteiger partial charge in [0.2, 0.25) is 0 Å². The zero-order valence-electron chi connectivity index (χ0n) is 8.57. The van der Waals surface area contributed by atoms with E-state index in [0.29, 0.717) is 24.9 Å². The average molecular weight is 198 g/mol. The molecule has 2 heterocycles. The molecule has 2 saturated heterocycles. The minimum absolute atomic E-state index is 0.378. The van der Waals surface area contributed by atoms with E-state index in [1.807, 2.05) is 0 Å². The van der Waals surface area contributed by atoms with E-state index in [4.69, 9.17) is 10.8 Å². The maximum absolute atomic E-state index is 11.1. The van der Waals surface area contributed by atoms with Crippen molar-refractivity contribution in [2.75, 3.05) is 7.05 Å². The molecule has 2 bridgehead atoms. The van der Waals surface area contributed by atoms with Crippen LogP contribution in [-0.2, 0) is 4.79 Å². The molecule has 2 aliphatic rings. The number of nitrogens with zero attached hydrogens (tertiary/aromatic N) is 1. The highest BCUT2D eigenvalue weighted by Gasteiger charge is 2.47. The third-order valence-electron chi connectivity index (χ3n) is 3.85. The lowest BCUT2D eigenvalue weighted by atomic mass is 9.74. The second-order valence-electron chi connectivity index (χ2n) is 4.77. The Kier molecular flexibility index (Phi) is 2.27. The van der Waals surface area contributed by atoms with E-state index in [0.717, 1.165) is 12.8 Å². The monoisotopic (exact) mass is 198 g/mol. The molecule has 2 aliphatic heterocycles. The third-order valence-corrected chi connectivity index (χ3v) is 3.85. The van der Waals surface area contributed by atoms with Gasteiger partial charge in [-0.1, -0.05) is 6.42 Å². The number of carbonyl (C=O) groups is 1. The highest BCUT2D eigenvalue weighted by atomic mass is 16.4. The van der Waals surface area contributed by atoms with Gasteiger partial charge in [-0.3, -0.25) is 4.79 Å². The second-order valence-corrected chi connectivity index (χ2v) is 4.77. The van der Waals surface area contributed by atoms with Crippen molar-refractivity contribution in [3.05, 3.63) is 0 Å². The number of hydrogen-bond donors (Lipinski definition) is 2. The van der Waals surface area contributed by atoms with Gasteiger partial charge in [0, 0.05) is 12.1 Å². The van der Waals surface area contributed by atoms with Crippen LogP contribution in [0.15, 0.2) is 0 Å². The van der Waals surface area contributed by atoms with Crippen molar-refractivity contribution in [1.82, 2.24) is 4.90 Å². The third kappa shape index (κ3) is 1.42. The summed E-state index contributed by atoms with van der Waals surface area (Å²) in [5, 5.41) is 9.10. The molecule has 2 rings (SSSR count). The molecule has 0 aromatic carbocycles. The molecular formula is C10H18N2O2. The molecule has 0 radical (unpaired) electrons. The van der Waals surface area contributed by atoms with Crippen LogP contribution in [0, 0.1) is 0 Å². The van der Waals surface area contributed by atoms with Gasteiger partial charge >= 0.3 is 5.97 Å². The molecule has 0 saturated carbocycles. The largest absolute Gasteiger partial charge is 0.480 e. The first kappa shape index (κ1) is 9.93. The summed E-state index contributed by atoms with van der Waals surface area (Å²) in [4.78, 5) is 13.4. The van der Waals surface area contributed by atoms with Crippen molar-refractivity contribution in [2.24, 2.45) is 5.73 Å². The van der Waals surface area contributed by atoms with Gasteiger partial charge in [-0.15, -0.1) is 0 Å². The Balaban J connectivity index is 2.18. The van der Waals surface area contributed by atoms with E-state index >= 15 is 0 Å². The van der Waals surface area contributed by atoms with Gasteiger partial charge in [0.1, 0.15) is 5.54 Å². The summed E-state index contributed by atoms with van der Waals surface area (Å²) in [6, 6.07) is 0.757. The maximum Gasteiger partial charge on any atom is 0.323 e. The van der Waals surface area contributed by atoms with Crippen molar-refractivity contribution in [3.63, 3.8) is 0 Å². The second kappa shape index (κ2) is 3.21. The SMILES string of the molecule is CN1C2CCCC1CC(N)(C(=O)O)C2. The standard InChI is InChI=1S/C10H18N2O2/c1-12-7-3-2-4-8(12)6-10(11,5-7)9(13)14/h7-8H,2-6,11H2,1H3,(H,13,14). The number of fused-ring (bicyclic) bond motifs is 2. The molecular weight excluding hydrogens is 180 g/mol. The zero-order valence-corrected chi connectivity index (χ0v) is 8.57. The number of carboxylic acid groups (broad SMARTS) is 1. The van der Waals surface area contributed by atoms with Crippen LogP contribution in [0.2, 0.25) is 0 Å². The van der Waals surface area contributed by atoms with E-state index in [-0.39, 0.29) is 0 Å². The molecule has 3 N–H and O–H groups in total. The predicted molar refractivity (Wildman–Crippen MR) is 53.0 cm³/mol. The molecule has 14 heavy (non-hydrogen) atoms. The van der Waals surface area contributed by atoms with Crippen LogP contribution < -0.4 is 5.73 Å². The highest BCUT2D eigenvalue weighted by molar-refractivity contribution is 5.78. The summed E-state index contributed by atoms with van der Waals surface area (Å²) in [5.74, 6) is -0.831. The summed E-state index contributed by atoms with van der Waals surface area (Å²) < 4.78 is 0. The van der Waals surface area contributed by atoms with Gasteiger partial charge < -0.3 is 15.7 Å². The molecule has 4 heteroatoms. The number of carboxylic acids is 1. The topological polar surface area (TPSA) is 66.6 Å². The molecule has 2 fully saturated rings. The summed E-state index contributed by atoms with van der Waals surface area (Å²) in [6.07, 6.45) is 4.62. The highest BCUT2D eigenvalue weighted by Crippen LogP contribution is 2.36. The zero-order chi connectivity index (χ0) is 10.3. The molecule has 2 unspecified atom stereocenters. The summed E-state index contributed by atoms with van der Waals surface area (Å²) in [7, 11) is 2.09. The van der Waals surface area contributed by atoms with Crippen molar-refractivity contribution < 1.29 is 9.90 Å². The predicted octanol–water partition coefficient (Wildman–Crippen LogP) is 0.415. The molecule has 0 aromatic rings. The first-order valence-electron chi connectivity index (χ1n) is 5.27. The van der Waals surface area contributed by atoms with Crippen LogP contribution in [0.5, 0.6) is 0 Å². The molecule has 0 spiro atoms. The lowest BCUT2D eigenvalue weighted by Crippen LogP contribution is -2.63. The minimum Gasteiger partial charge on any atom is -0.480 e. The van der Waals surface area contributed by atoms with Crippen LogP contribution in [0.4, 0.5) is 0 Å². The summed E-state index contributed by atoms with van der Waals surface area (Å²) in [5.41, 5.74) is 4.96. The van der Waals surface area contributed by atoms with Crippen molar-refractivity contribution >= 4 is 5.97 Å². The molecule has 80 valence electrons. The average Bonchev–Trinajstić information content (AvgIpc) is 2.07. The normalized spacial score (nSPS) is 43.6. The van der Waals surface area contributed by atoms with E-state index in [9.17, 15) is 4.79 Å². The number of rotatable bonds is 1. The summed E-state index contributed by atoms with van der Waals surface area (Å²) in [6.45, 7) is 0. The summed E-state index contributed by atoms with van der Waals surface area (Å²) >= 11 is 0. The quantitative estimate of drug-likeness (QED) is 0.640. The molecule has 0 amide bonds. The fourth-order valence-electron chi connectivity index (χ4n) is 2.89. The van der Waals surface area contributed by atoms with E-state index < -0.39 is 11.5 Å². The fourth-order valence-corrected chi connectivity index (χ4v) is 2.89. The Morgan fingerprint density at radius 1 is 1.43 bits per heavy atom. The Morgan fingerprint density at radius 3 is 2.36 bits per heavy atom. The molecule has 4 nitrogen and oxygen atoms in total. The van der Waals surface area contributed by atoms with E-state index in [1.165, 1.54) is 6.42 Å². The first-order chi connectivity index (χ1) is 6.53. The maximum atomic E-state index is 11.1. The lowest BCUT2D eigenvalue weighted by molar-refractivity contribution is -0.148. The number of aliphatic carboxylic acids is 1. The lowest BCUT2D eigenvalue weighted by Gasteiger charge is -2.49. The van der Waals surface area contributed by atoms with Crippen molar-refractivity contribution in [1.29, 1.82) is 0 Å². The minimum atomic E-state index is -0.970. The molecule has 0 aliphatic carbocycles. The van der Waals surface area contributed by atoms with Gasteiger partial charge in [-0.05, 0) is 32.7 Å². The van der Waals surface area contributed by atoms with Crippen molar-refractivity contribution in [3.8, 4) is 0 Å². The van der Waals surface area contributed by atoms with Gasteiger partial charge in [-0.25, -0.2) is 0 Å². The van der Waals surface area contributed by atoms with Crippen LogP contribution >= 0.6 is 0 Å². The van der Waals surface area contributed by atoms with Crippen molar-refractivity contribution in [2.45, 2.75) is 49.7 Å². The number of piperidine rings is 2. The number of hydrogen-bond acceptors (Lipinski definition) is 3. The Bertz CT molecular complexity index is 241. The molecule has 0 aromatic heterocycles. The Labute approximate surface area is 84.1 Å². The van der Waals surface area contributed by atoms with Gasteiger partial charge in [-0.2, -0.15) is 0 Å². The fraction of sp³-hybridized carbons (Fsp3) is 0.900. The van der Waals surface area contributed by atoms with Gasteiger partial charge in [0.25, 0.3) is 0 Å². The smallest absolute Gasteiger partial charge is 0.323 e. The van der Waals surface area contributed by atoms with Gasteiger partial charge in [0.05, 0.1) is 0 Å². The van der Waals surface area contributed by atoms with E-state index in [1.54, 1.807) is 0 Å².